The lowest BCUT2D eigenvalue weighted by atomic mass is 10.2. The largest absolute Gasteiger partial charge is 0.484 e. The Bertz CT molecular complexity index is 788. The third kappa shape index (κ3) is 4.48. The minimum atomic E-state index is -0.111. The van der Waals surface area contributed by atoms with Crippen LogP contribution in [0, 0.1) is 0 Å². The molecular weight excluding hydrogens is 375 g/mol. The van der Waals surface area contributed by atoms with Crippen molar-refractivity contribution in [2.75, 3.05) is 32.8 Å². The minimum Gasteiger partial charge on any atom is -0.484 e. The average Bonchev–Trinajstić information content (AvgIpc) is 2.67. The number of carbonyl (C=O) groups excluding carboxylic acids is 2. The summed E-state index contributed by atoms with van der Waals surface area (Å²) >= 11 is 11.9. The molecule has 136 valence electrons. The van der Waals surface area contributed by atoms with E-state index in [0.717, 1.165) is 0 Å². The molecule has 7 heteroatoms. The second kappa shape index (κ2) is 8.43. The summed E-state index contributed by atoms with van der Waals surface area (Å²) in [4.78, 5) is 28.2. The fraction of sp³-hybridized carbons (Fsp3) is 0.263. The first kappa shape index (κ1) is 18.5. The lowest BCUT2D eigenvalue weighted by Gasteiger charge is -2.34. The van der Waals surface area contributed by atoms with Gasteiger partial charge in [-0.15, -0.1) is 0 Å². The van der Waals surface area contributed by atoms with Crippen LogP contribution in [0.2, 0.25) is 10.0 Å². The summed E-state index contributed by atoms with van der Waals surface area (Å²) < 4.78 is 5.49. The maximum absolute atomic E-state index is 12.5. The Balaban J connectivity index is 1.50. The van der Waals surface area contributed by atoms with Gasteiger partial charge in [-0.25, -0.2) is 0 Å². The molecule has 1 saturated heterocycles. The van der Waals surface area contributed by atoms with Gasteiger partial charge < -0.3 is 14.5 Å². The first-order chi connectivity index (χ1) is 12.5. The predicted octanol–water partition coefficient (Wildman–Crippen LogP) is 3.36. The number of carbonyl (C=O) groups is 2. The maximum atomic E-state index is 12.5. The summed E-state index contributed by atoms with van der Waals surface area (Å²) in [6, 6.07) is 13.8. The molecule has 0 radical (unpaired) electrons. The highest BCUT2D eigenvalue weighted by Gasteiger charge is 2.25. The number of hydrogen-bond acceptors (Lipinski definition) is 3. The van der Waals surface area contributed by atoms with Crippen molar-refractivity contribution >= 4 is 35.0 Å². The molecule has 5 nitrogen and oxygen atoms in total. The summed E-state index contributed by atoms with van der Waals surface area (Å²) in [5.74, 6) is 0.375. The molecule has 0 atom stereocenters. The molecule has 1 heterocycles. The molecule has 0 aliphatic carbocycles. The van der Waals surface area contributed by atoms with E-state index in [0.29, 0.717) is 47.5 Å². The highest BCUT2D eigenvalue weighted by molar-refractivity contribution is 6.33. The van der Waals surface area contributed by atoms with Gasteiger partial charge >= 0.3 is 0 Å². The number of amides is 2. The normalized spacial score (nSPS) is 14.2. The van der Waals surface area contributed by atoms with Gasteiger partial charge in [0.2, 0.25) is 0 Å². The van der Waals surface area contributed by atoms with E-state index in [1.54, 1.807) is 58.3 Å². The lowest BCUT2D eigenvalue weighted by molar-refractivity contribution is -0.134. The Morgan fingerprint density at radius 1 is 0.885 bits per heavy atom. The molecule has 0 spiro atoms. The zero-order chi connectivity index (χ0) is 18.5. The number of rotatable bonds is 4. The fourth-order valence-corrected chi connectivity index (χ4v) is 3.07. The van der Waals surface area contributed by atoms with Crippen LogP contribution in [0.15, 0.2) is 48.5 Å². The Morgan fingerprint density at radius 2 is 1.50 bits per heavy atom. The number of ether oxygens (including phenoxy) is 1. The molecule has 0 bridgehead atoms. The summed E-state index contributed by atoms with van der Waals surface area (Å²) in [5.41, 5.74) is 0.486. The van der Waals surface area contributed by atoms with Gasteiger partial charge in [-0.1, -0.05) is 35.3 Å². The van der Waals surface area contributed by atoms with Crippen molar-refractivity contribution in [2.24, 2.45) is 0 Å². The number of halogens is 2. The van der Waals surface area contributed by atoms with E-state index in [4.69, 9.17) is 27.9 Å². The first-order valence-corrected chi connectivity index (χ1v) is 9.00. The van der Waals surface area contributed by atoms with Gasteiger partial charge in [0, 0.05) is 31.2 Å². The highest BCUT2D eigenvalue weighted by Crippen LogP contribution is 2.18. The molecule has 0 saturated carbocycles. The van der Waals surface area contributed by atoms with E-state index < -0.39 is 0 Å². The SMILES string of the molecule is O=C(COc1ccc(Cl)cc1)N1CCN(C(=O)c2ccccc2Cl)CC1. The van der Waals surface area contributed by atoms with Crippen molar-refractivity contribution in [3.05, 3.63) is 64.1 Å². The topological polar surface area (TPSA) is 49.9 Å². The molecule has 2 amide bonds. The molecule has 1 aliphatic heterocycles. The molecule has 2 aromatic rings. The highest BCUT2D eigenvalue weighted by atomic mass is 35.5. The molecule has 3 rings (SSSR count). The minimum absolute atomic E-state index is 0.0416. The van der Waals surface area contributed by atoms with Gasteiger partial charge in [-0.2, -0.15) is 0 Å². The molecule has 0 unspecified atom stereocenters. The van der Waals surface area contributed by atoms with Crippen LogP contribution in [0.5, 0.6) is 5.75 Å². The zero-order valence-electron chi connectivity index (χ0n) is 14.0. The summed E-state index contributed by atoms with van der Waals surface area (Å²) in [6.45, 7) is 1.84. The van der Waals surface area contributed by atoms with Crippen molar-refractivity contribution in [2.45, 2.75) is 0 Å². The van der Waals surface area contributed by atoms with Crippen molar-refractivity contribution in [3.63, 3.8) is 0 Å². The molecule has 1 aliphatic rings. The van der Waals surface area contributed by atoms with E-state index in [1.165, 1.54) is 0 Å². The summed E-state index contributed by atoms with van der Waals surface area (Å²) in [7, 11) is 0. The van der Waals surface area contributed by atoms with E-state index >= 15 is 0 Å². The van der Waals surface area contributed by atoms with Gasteiger partial charge in [0.15, 0.2) is 6.61 Å². The molecule has 26 heavy (non-hydrogen) atoms. The number of benzene rings is 2. The van der Waals surface area contributed by atoms with E-state index in [2.05, 4.69) is 0 Å². The van der Waals surface area contributed by atoms with Crippen molar-refractivity contribution in [1.29, 1.82) is 0 Å². The quantitative estimate of drug-likeness (QED) is 0.801. The van der Waals surface area contributed by atoms with Crippen LogP contribution in [-0.2, 0) is 4.79 Å². The van der Waals surface area contributed by atoms with Gasteiger partial charge in [0.1, 0.15) is 5.75 Å². The summed E-state index contributed by atoms with van der Waals surface area (Å²) in [6.07, 6.45) is 0. The van der Waals surface area contributed by atoms with Crippen molar-refractivity contribution < 1.29 is 14.3 Å². The van der Waals surface area contributed by atoms with Crippen molar-refractivity contribution in [3.8, 4) is 5.75 Å². The molecule has 2 aromatic carbocycles. The lowest BCUT2D eigenvalue weighted by Crippen LogP contribution is -2.51. The number of nitrogens with zero attached hydrogens (tertiary/aromatic N) is 2. The molecular formula is C19H18Cl2N2O3. The second-order valence-electron chi connectivity index (χ2n) is 5.90. The Kier molecular flexibility index (Phi) is 6.01. The van der Waals surface area contributed by atoms with Gasteiger partial charge in [0.25, 0.3) is 11.8 Å². The van der Waals surface area contributed by atoms with E-state index in [1.807, 2.05) is 0 Å². The van der Waals surface area contributed by atoms with Gasteiger partial charge in [-0.3, -0.25) is 9.59 Å². The predicted molar refractivity (Wildman–Crippen MR) is 101 cm³/mol. The van der Waals surface area contributed by atoms with Gasteiger partial charge in [-0.05, 0) is 36.4 Å². The van der Waals surface area contributed by atoms with Crippen LogP contribution in [0.3, 0.4) is 0 Å². The molecule has 1 fully saturated rings. The third-order valence-electron chi connectivity index (χ3n) is 4.20. The van der Waals surface area contributed by atoms with Crippen molar-refractivity contribution in [1.82, 2.24) is 9.80 Å². The monoisotopic (exact) mass is 392 g/mol. The van der Waals surface area contributed by atoms with Crippen LogP contribution in [0.25, 0.3) is 0 Å². The summed E-state index contributed by atoms with van der Waals surface area (Å²) in [5, 5.41) is 1.05. The average molecular weight is 393 g/mol. The van der Waals surface area contributed by atoms with Crippen LogP contribution in [0.4, 0.5) is 0 Å². The Labute approximate surface area is 162 Å². The standard InChI is InChI=1S/C19H18Cl2N2O3/c20-14-5-7-15(8-6-14)26-13-18(24)22-9-11-23(12-10-22)19(25)16-3-1-2-4-17(16)21/h1-8H,9-13H2. The van der Waals surface area contributed by atoms with E-state index in [-0.39, 0.29) is 18.4 Å². The zero-order valence-corrected chi connectivity index (χ0v) is 15.5. The fourth-order valence-electron chi connectivity index (χ4n) is 2.73. The molecule has 0 aromatic heterocycles. The molecule has 0 N–H and O–H groups in total. The van der Waals surface area contributed by atoms with E-state index in [9.17, 15) is 9.59 Å². The van der Waals surface area contributed by atoms with Crippen LogP contribution in [0.1, 0.15) is 10.4 Å². The Morgan fingerprint density at radius 3 is 2.15 bits per heavy atom. The first-order valence-electron chi connectivity index (χ1n) is 8.24. The number of hydrogen-bond donors (Lipinski definition) is 0. The van der Waals surface area contributed by atoms with Crippen LogP contribution in [-0.4, -0.2) is 54.4 Å². The van der Waals surface area contributed by atoms with Gasteiger partial charge in [0.05, 0.1) is 10.6 Å². The third-order valence-corrected chi connectivity index (χ3v) is 4.78. The van der Waals surface area contributed by atoms with Crippen LogP contribution >= 0.6 is 23.2 Å². The maximum Gasteiger partial charge on any atom is 0.260 e. The second-order valence-corrected chi connectivity index (χ2v) is 6.74. The Hall–Kier alpha value is -2.24. The van der Waals surface area contributed by atoms with Crippen LogP contribution < -0.4 is 4.74 Å². The smallest absolute Gasteiger partial charge is 0.260 e. The number of piperazine rings is 1.